The van der Waals surface area contributed by atoms with Gasteiger partial charge in [-0.2, -0.15) is 0 Å². The van der Waals surface area contributed by atoms with Gasteiger partial charge in [-0.15, -0.1) is 11.3 Å². The van der Waals surface area contributed by atoms with Crippen molar-refractivity contribution < 1.29 is 5.11 Å². The summed E-state index contributed by atoms with van der Waals surface area (Å²) in [5.74, 6) is 0. The van der Waals surface area contributed by atoms with Crippen molar-refractivity contribution in [2.75, 3.05) is 6.54 Å². The van der Waals surface area contributed by atoms with Crippen LogP contribution in [0.4, 0.5) is 0 Å². The lowest BCUT2D eigenvalue weighted by molar-refractivity contribution is 0.101. The molecule has 3 heteroatoms. The summed E-state index contributed by atoms with van der Waals surface area (Å²) in [7, 11) is 0. The molecule has 2 nitrogen and oxygen atoms in total. The third kappa shape index (κ3) is 2.95. The molecule has 2 atom stereocenters. The number of hydrogen-bond donors (Lipinski definition) is 2. The van der Waals surface area contributed by atoms with Gasteiger partial charge >= 0.3 is 0 Å². The SMILES string of the molecule is CCc1ccc(CC(CN)(c2ccccc2)C(C)O)s1. The molecule has 2 unspecified atom stereocenters. The lowest BCUT2D eigenvalue weighted by Crippen LogP contribution is -2.46. The quantitative estimate of drug-likeness (QED) is 0.858. The van der Waals surface area contributed by atoms with Crippen molar-refractivity contribution in [3.05, 3.63) is 57.8 Å². The molecule has 0 saturated heterocycles. The Morgan fingerprint density at radius 3 is 2.30 bits per heavy atom. The number of nitrogens with two attached hydrogens (primary N) is 1. The second kappa shape index (κ2) is 6.53. The fourth-order valence-electron chi connectivity index (χ4n) is 2.64. The van der Waals surface area contributed by atoms with Crippen molar-refractivity contribution in [3.63, 3.8) is 0 Å². The summed E-state index contributed by atoms with van der Waals surface area (Å²) in [6, 6.07) is 14.5. The zero-order valence-corrected chi connectivity index (χ0v) is 13.0. The average molecular weight is 289 g/mol. The van der Waals surface area contributed by atoms with E-state index in [1.807, 2.05) is 36.5 Å². The highest BCUT2D eigenvalue weighted by Gasteiger charge is 2.36. The van der Waals surface area contributed by atoms with Gasteiger partial charge in [-0.1, -0.05) is 37.3 Å². The lowest BCUT2D eigenvalue weighted by Gasteiger charge is -2.36. The van der Waals surface area contributed by atoms with E-state index in [1.54, 1.807) is 0 Å². The number of rotatable bonds is 6. The van der Waals surface area contributed by atoms with Crippen LogP contribution in [0.5, 0.6) is 0 Å². The van der Waals surface area contributed by atoms with E-state index in [2.05, 4.69) is 31.2 Å². The van der Waals surface area contributed by atoms with E-state index >= 15 is 0 Å². The maximum atomic E-state index is 10.4. The van der Waals surface area contributed by atoms with Gasteiger partial charge in [0.2, 0.25) is 0 Å². The number of hydrogen-bond acceptors (Lipinski definition) is 3. The van der Waals surface area contributed by atoms with Crippen LogP contribution < -0.4 is 5.73 Å². The molecule has 0 amide bonds. The first kappa shape index (κ1) is 15.2. The van der Waals surface area contributed by atoms with E-state index < -0.39 is 11.5 Å². The van der Waals surface area contributed by atoms with Crippen LogP contribution in [-0.4, -0.2) is 17.8 Å². The molecule has 0 aliphatic carbocycles. The standard InChI is InChI=1S/C17H23NOS/c1-3-15-9-10-16(20-15)11-17(12-18,13(2)19)14-7-5-4-6-8-14/h4-10,13,19H,3,11-12,18H2,1-2H3. The number of aryl methyl sites for hydroxylation is 1. The van der Waals surface area contributed by atoms with Crippen LogP contribution in [0.2, 0.25) is 0 Å². The number of benzene rings is 1. The molecule has 108 valence electrons. The van der Waals surface area contributed by atoms with E-state index in [1.165, 1.54) is 9.75 Å². The Bertz CT molecular complexity index is 535. The molecule has 2 aromatic rings. The Labute approximate surface area is 125 Å². The third-order valence-electron chi connectivity index (χ3n) is 4.07. The molecule has 0 saturated carbocycles. The Balaban J connectivity index is 2.37. The van der Waals surface area contributed by atoms with Crippen LogP contribution in [0.25, 0.3) is 0 Å². The Morgan fingerprint density at radius 1 is 1.15 bits per heavy atom. The first-order valence-corrected chi connectivity index (χ1v) is 7.95. The van der Waals surface area contributed by atoms with Crippen LogP contribution in [0.1, 0.15) is 29.2 Å². The van der Waals surface area contributed by atoms with Gasteiger partial charge in [-0.3, -0.25) is 0 Å². The van der Waals surface area contributed by atoms with Crippen LogP contribution >= 0.6 is 11.3 Å². The highest BCUT2D eigenvalue weighted by molar-refractivity contribution is 7.12. The summed E-state index contributed by atoms with van der Waals surface area (Å²) in [5.41, 5.74) is 6.78. The molecular weight excluding hydrogens is 266 g/mol. The highest BCUT2D eigenvalue weighted by Crippen LogP contribution is 2.33. The highest BCUT2D eigenvalue weighted by atomic mass is 32.1. The Kier molecular flexibility index (Phi) is 4.97. The maximum Gasteiger partial charge on any atom is 0.0624 e. The van der Waals surface area contributed by atoms with Gasteiger partial charge in [-0.05, 0) is 37.5 Å². The molecule has 0 spiro atoms. The molecule has 1 heterocycles. The van der Waals surface area contributed by atoms with Crippen molar-refractivity contribution in [1.82, 2.24) is 0 Å². The molecule has 20 heavy (non-hydrogen) atoms. The van der Waals surface area contributed by atoms with Crippen molar-refractivity contribution in [2.24, 2.45) is 5.73 Å². The van der Waals surface area contributed by atoms with Gasteiger partial charge < -0.3 is 10.8 Å². The molecule has 2 rings (SSSR count). The normalized spacial score (nSPS) is 15.8. The topological polar surface area (TPSA) is 46.2 Å². The number of thiophene rings is 1. The molecular formula is C17H23NOS. The number of aliphatic hydroxyl groups excluding tert-OH is 1. The van der Waals surface area contributed by atoms with E-state index in [0.717, 1.165) is 18.4 Å². The second-order valence-corrected chi connectivity index (χ2v) is 6.55. The van der Waals surface area contributed by atoms with E-state index in [0.29, 0.717) is 6.54 Å². The molecule has 3 N–H and O–H groups in total. The zero-order chi connectivity index (χ0) is 14.6. The lowest BCUT2D eigenvalue weighted by atomic mass is 9.73. The summed E-state index contributed by atoms with van der Waals surface area (Å²) in [6.45, 7) is 4.44. The van der Waals surface area contributed by atoms with Crippen molar-refractivity contribution in [2.45, 2.75) is 38.2 Å². The minimum absolute atomic E-state index is 0.406. The largest absolute Gasteiger partial charge is 0.392 e. The monoisotopic (exact) mass is 289 g/mol. The second-order valence-electron chi connectivity index (χ2n) is 5.30. The van der Waals surface area contributed by atoms with Crippen molar-refractivity contribution in [3.8, 4) is 0 Å². The third-order valence-corrected chi connectivity index (χ3v) is 5.30. The minimum Gasteiger partial charge on any atom is -0.392 e. The fourth-order valence-corrected chi connectivity index (χ4v) is 3.72. The average Bonchev–Trinajstić information content (AvgIpc) is 2.93. The van der Waals surface area contributed by atoms with Crippen LogP contribution in [-0.2, 0) is 18.3 Å². The van der Waals surface area contributed by atoms with Gasteiger partial charge in [0.05, 0.1) is 6.10 Å². The molecule has 0 aliphatic heterocycles. The maximum absolute atomic E-state index is 10.4. The molecule has 1 aromatic carbocycles. The van der Waals surface area contributed by atoms with Gasteiger partial charge in [-0.25, -0.2) is 0 Å². The number of aliphatic hydroxyl groups is 1. The summed E-state index contributed by atoms with van der Waals surface area (Å²) in [4.78, 5) is 2.67. The molecule has 0 aliphatic rings. The Morgan fingerprint density at radius 2 is 1.80 bits per heavy atom. The van der Waals surface area contributed by atoms with Gasteiger partial charge in [0.1, 0.15) is 0 Å². The first-order chi connectivity index (χ1) is 9.62. The van der Waals surface area contributed by atoms with E-state index in [4.69, 9.17) is 5.73 Å². The molecule has 1 aromatic heterocycles. The summed E-state index contributed by atoms with van der Waals surface area (Å²) in [6.07, 6.45) is 1.36. The molecule has 0 bridgehead atoms. The zero-order valence-electron chi connectivity index (χ0n) is 12.2. The Hall–Kier alpha value is -1.16. The van der Waals surface area contributed by atoms with Crippen LogP contribution in [0.15, 0.2) is 42.5 Å². The van der Waals surface area contributed by atoms with Crippen LogP contribution in [0, 0.1) is 0 Å². The summed E-state index contributed by atoms with van der Waals surface area (Å²) >= 11 is 1.82. The van der Waals surface area contributed by atoms with Crippen molar-refractivity contribution >= 4 is 11.3 Å². The van der Waals surface area contributed by atoms with Crippen molar-refractivity contribution in [1.29, 1.82) is 0 Å². The van der Waals surface area contributed by atoms with Crippen LogP contribution in [0.3, 0.4) is 0 Å². The summed E-state index contributed by atoms with van der Waals surface area (Å²) < 4.78 is 0. The van der Waals surface area contributed by atoms with E-state index in [9.17, 15) is 5.11 Å². The predicted molar refractivity (Wildman–Crippen MR) is 86.3 cm³/mol. The first-order valence-electron chi connectivity index (χ1n) is 7.13. The van der Waals surface area contributed by atoms with Gasteiger partial charge in [0.25, 0.3) is 0 Å². The smallest absolute Gasteiger partial charge is 0.0624 e. The molecule has 0 fully saturated rings. The van der Waals surface area contributed by atoms with Gasteiger partial charge in [0, 0.05) is 21.7 Å². The fraction of sp³-hybridized carbons (Fsp3) is 0.412. The summed E-state index contributed by atoms with van der Waals surface area (Å²) in [5, 5.41) is 10.4. The predicted octanol–water partition coefficient (Wildman–Crippen LogP) is 3.13. The van der Waals surface area contributed by atoms with E-state index in [-0.39, 0.29) is 0 Å². The van der Waals surface area contributed by atoms with Gasteiger partial charge in [0.15, 0.2) is 0 Å². The molecule has 0 radical (unpaired) electrons. The minimum atomic E-state index is -0.484.